The fraction of sp³-hybridized carbons (Fsp3) is 0. The van der Waals surface area contributed by atoms with Gasteiger partial charge in [0, 0.05) is 17.8 Å². The maximum absolute atomic E-state index is 9.76. The molecular weight excluding hydrogens is 276 g/mol. The fourth-order valence-electron chi connectivity index (χ4n) is 1.79. The molecule has 3 rings (SSSR count). The van der Waals surface area contributed by atoms with E-state index in [0.717, 1.165) is 5.39 Å². The predicted molar refractivity (Wildman–Crippen MR) is 76.8 cm³/mol. The summed E-state index contributed by atoms with van der Waals surface area (Å²) in [6, 6.07) is 10.3. The van der Waals surface area contributed by atoms with Gasteiger partial charge in [0.1, 0.15) is 17.0 Å². The van der Waals surface area contributed by atoms with Gasteiger partial charge in [0.25, 0.3) is 0 Å². The maximum atomic E-state index is 9.76. The van der Waals surface area contributed by atoms with E-state index in [0.29, 0.717) is 16.9 Å². The number of aromatic nitrogens is 2. The van der Waals surface area contributed by atoms with Crippen LogP contribution in [0.1, 0.15) is 0 Å². The van der Waals surface area contributed by atoms with Gasteiger partial charge in [0.2, 0.25) is 0 Å². The van der Waals surface area contributed by atoms with Gasteiger partial charge >= 0.3 is 0 Å². The topological polar surface area (TPSA) is 70.7 Å². The number of nitrogens with zero attached hydrogens (tertiary/aromatic N) is 4. The van der Waals surface area contributed by atoms with E-state index >= 15 is 0 Å². The Labute approximate surface area is 119 Å². The molecule has 0 spiro atoms. The molecule has 0 radical (unpaired) electrons. The number of rotatable bonds is 2. The molecule has 1 aromatic carbocycles. The van der Waals surface area contributed by atoms with Crippen LogP contribution in [0.3, 0.4) is 0 Å². The summed E-state index contributed by atoms with van der Waals surface area (Å²) in [6.07, 6.45) is 3.20. The van der Waals surface area contributed by atoms with Crippen LogP contribution in [-0.4, -0.2) is 15.1 Å². The number of phenols is 1. The van der Waals surface area contributed by atoms with Crippen LogP contribution < -0.4 is 0 Å². The third kappa shape index (κ3) is 2.31. The lowest BCUT2D eigenvalue weighted by Crippen LogP contribution is -1.79. The lowest BCUT2D eigenvalue weighted by atomic mass is 10.2. The van der Waals surface area contributed by atoms with Crippen LogP contribution in [0.25, 0.3) is 10.9 Å². The second-order valence-electron chi connectivity index (χ2n) is 4.02. The largest absolute Gasteiger partial charge is 0.506 e. The van der Waals surface area contributed by atoms with Gasteiger partial charge < -0.3 is 5.11 Å². The molecule has 0 fully saturated rings. The highest BCUT2D eigenvalue weighted by Gasteiger charge is 2.05. The van der Waals surface area contributed by atoms with Gasteiger partial charge in [-0.05, 0) is 36.4 Å². The minimum Gasteiger partial charge on any atom is -0.506 e. The molecule has 6 heteroatoms. The van der Waals surface area contributed by atoms with E-state index in [9.17, 15) is 5.11 Å². The van der Waals surface area contributed by atoms with Crippen LogP contribution in [0.2, 0.25) is 5.15 Å². The standard InChI is InChI=1S/C14H9ClN4O/c15-14-11(4-2-8-17-14)19-18-10-5-6-12(20)13-9(10)3-1-7-16-13/h1-8,20H. The van der Waals surface area contributed by atoms with Gasteiger partial charge in [0.05, 0.1) is 5.69 Å². The average Bonchev–Trinajstić information content (AvgIpc) is 2.48. The first kappa shape index (κ1) is 12.5. The molecule has 0 atom stereocenters. The van der Waals surface area contributed by atoms with Crippen LogP contribution in [0.4, 0.5) is 11.4 Å². The summed E-state index contributed by atoms with van der Waals surface area (Å²) in [6.45, 7) is 0. The molecule has 98 valence electrons. The van der Waals surface area contributed by atoms with Crippen LogP contribution in [-0.2, 0) is 0 Å². The van der Waals surface area contributed by atoms with Crippen molar-refractivity contribution >= 4 is 33.9 Å². The van der Waals surface area contributed by atoms with Gasteiger partial charge in [-0.25, -0.2) is 4.98 Å². The molecule has 0 saturated carbocycles. The number of aromatic hydroxyl groups is 1. The molecular formula is C14H9ClN4O. The van der Waals surface area contributed by atoms with E-state index in [-0.39, 0.29) is 10.9 Å². The summed E-state index contributed by atoms with van der Waals surface area (Å²) in [7, 11) is 0. The van der Waals surface area contributed by atoms with E-state index < -0.39 is 0 Å². The number of halogens is 1. The van der Waals surface area contributed by atoms with Crippen LogP contribution in [0.5, 0.6) is 5.75 Å². The van der Waals surface area contributed by atoms with Crippen molar-refractivity contribution in [2.75, 3.05) is 0 Å². The van der Waals surface area contributed by atoms with Crippen LogP contribution >= 0.6 is 11.6 Å². The average molecular weight is 285 g/mol. The Kier molecular flexibility index (Phi) is 3.26. The van der Waals surface area contributed by atoms with Gasteiger partial charge in [-0.15, -0.1) is 10.2 Å². The molecule has 0 bridgehead atoms. The Hall–Kier alpha value is -2.53. The Balaban J connectivity index is 2.08. The molecule has 20 heavy (non-hydrogen) atoms. The van der Waals surface area contributed by atoms with Gasteiger partial charge in [-0.1, -0.05) is 11.6 Å². The number of azo groups is 1. The maximum Gasteiger partial charge on any atom is 0.156 e. The molecule has 1 N–H and O–H groups in total. The Morgan fingerprint density at radius 3 is 2.50 bits per heavy atom. The fourth-order valence-corrected chi connectivity index (χ4v) is 1.95. The summed E-state index contributed by atoms with van der Waals surface area (Å²) in [4.78, 5) is 8.05. The van der Waals surface area contributed by atoms with Crippen LogP contribution in [0, 0.1) is 0 Å². The van der Waals surface area contributed by atoms with Crippen LogP contribution in [0.15, 0.2) is 59.0 Å². The summed E-state index contributed by atoms with van der Waals surface area (Å²) < 4.78 is 0. The first-order valence-electron chi connectivity index (χ1n) is 5.84. The van der Waals surface area contributed by atoms with Gasteiger partial charge in [-0.3, -0.25) is 4.98 Å². The molecule has 3 aromatic rings. The SMILES string of the molecule is Oc1ccc(N=Nc2cccnc2Cl)c2cccnc12. The van der Waals surface area contributed by atoms with Crippen molar-refractivity contribution in [1.82, 2.24) is 9.97 Å². The molecule has 2 aromatic heterocycles. The number of hydrogen-bond acceptors (Lipinski definition) is 5. The minimum absolute atomic E-state index is 0.110. The molecule has 2 heterocycles. The lowest BCUT2D eigenvalue weighted by Gasteiger charge is -2.02. The zero-order valence-corrected chi connectivity index (χ0v) is 11.0. The third-order valence-corrected chi connectivity index (χ3v) is 3.02. The predicted octanol–water partition coefficient (Wildman–Crippen LogP) is 4.40. The van der Waals surface area contributed by atoms with Crippen molar-refractivity contribution in [3.05, 3.63) is 53.9 Å². The summed E-state index contributed by atoms with van der Waals surface area (Å²) in [5, 5.41) is 19.0. The minimum atomic E-state index is 0.110. The van der Waals surface area contributed by atoms with Gasteiger partial charge in [0.15, 0.2) is 5.15 Å². The monoisotopic (exact) mass is 284 g/mol. The third-order valence-electron chi connectivity index (χ3n) is 2.73. The van der Waals surface area contributed by atoms with Crippen molar-refractivity contribution in [1.29, 1.82) is 0 Å². The first-order valence-corrected chi connectivity index (χ1v) is 6.22. The van der Waals surface area contributed by atoms with E-state index in [4.69, 9.17) is 11.6 Å². The normalized spacial score (nSPS) is 11.2. The number of hydrogen-bond donors (Lipinski definition) is 1. The first-order chi connectivity index (χ1) is 9.75. The van der Waals surface area contributed by atoms with Crippen molar-refractivity contribution in [3.8, 4) is 5.75 Å². The second-order valence-corrected chi connectivity index (χ2v) is 4.37. The lowest BCUT2D eigenvalue weighted by molar-refractivity contribution is 0.480. The van der Waals surface area contributed by atoms with E-state index in [1.54, 1.807) is 36.7 Å². The summed E-state index contributed by atoms with van der Waals surface area (Å²) >= 11 is 5.92. The summed E-state index contributed by atoms with van der Waals surface area (Å²) in [5.41, 5.74) is 1.58. The molecule has 0 aliphatic carbocycles. The molecule has 0 aliphatic heterocycles. The van der Waals surface area contributed by atoms with Crippen molar-refractivity contribution in [2.24, 2.45) is 10.2 Å². The molecule has 0 saturated heterocycles. The quantitative estimate of drug-likeness (QED) is 0.560. The zero-order valence-electron chi connectivity index (χ0n) is 10.2. The van der Waals surface area contributed by atoms with Crippen molar-refractivity contribution < 1.29 is 5.11 Å². The number of benzene rings is 1. The van der Waals surface area contributed by atoms with E-state index in [1.807, 2.05) is 6.07 Å². The highest BCUT2D eigenvalue weighted by molar-refractivity contribution is 6.31. The molecule has 0 unspecified atom stereocenters. The number of pyridine rings is 2. The smallest absolute Gasteiger partial charge is 0.156 e. The highest BCUT2D eigenvalue weighted by Crippen LogP contribution is 2.32. The van der Waals surface area contributed by atoms with Crippen molar-refractivity contribution in [3.63, 3.8) is 0 Å². The van der Waals surface area contributed by atoms with E-state index in [2.05, 4.69) is 20.2 Å². The molecule has 5 nitrogen and oxygen atoms in total. The Morgan fingerprint density at radius 1 is 0.900 bits per heavy atom. The number of phenolic OH excluding ortho intramolecular Hbond substituents is 1. The Bertz CT molecular complexity index is 804. The summed E-state index contributed by atoms with van der Waals surface area (Å²) in [5.74, 6) is 0.110. The molecule has 0 amide bonds. The highest BCUT2D eigenvalue weighted by atomic mass is 35.5. The number of fused-ring (bicyclic) bond motifs is 1. The Morgan fingerprint density at radius 2 is 1.65 bits per heavy atom. The van der Waals surface area contributed by atoms with Crippen molar-refractivity contribution in [2.45, 2.75) is 0 Å². The van der Waals surface area contributed by atoms with Gasteiger partial charge in [-0.2, -0.15) is 0 Å². The molecule has 0 aliphatic rings. The second kappa shape index (κ2) is 5.22. The van der Waals surface area contributed by atoms with E-state index in [1.165, 1.54) is 6.07 Å². The zero-order chi connectivity index (χ0) is 13.9.